The Morgan fingerprint density at radius 3 is 2.61 bits per heavy atom. The van der Waals surface area contributed by atoms with E-state index in [1.165, 1.54) is 5.56 Å². The summed E-state index contributed by atoms with van der Waals surface area (Å²) in [4.78, 5) is 0. The Kier molecular flexibility index (Phi) is 4.68. The summed E-state index contributed by atoms with van der Waals surface area (Å²) in [6.07, 6.45) is 2.01. The van der Waals surface area contributed by atoms with Crippen LogP contribution in [0.1, 0.15) is 42.9 Å². The highest BCUT2D eigenvalue weighted by Gasteiger charge is 2.27. The Morgan fingerprint density at radius 1 is 1.11 bits per heavy atom. The van der Waals surface area contributed by atoms with Gasteiger partial charge in [-0.15, -0.1) is 0 Å². The first-order valence-corrected chi connectivity index (χ1v) is 9.73. The fourth-order valence-electron chi connectivity index (χ4n) is 4.85. The van der Waals surface area contributed by atoms with Crippen molar-refractivity contribution in [2.24, 2.45) is 5.92 Å². The van der Waals surface area contributed by atoms with Gasteiger partial charge >= 0.3 is 0 Å². The van der Waals surface area contributed by atoms with Gasteiger partial charge in [0.15, 0.2) is 0 Å². The van der Waals surface area contributed by atoms with Crippen molar-refractivity contribution in [1.29, 1.82) is 0 Å². The molecule has 28 heavy (non-hydrogen) atoms. The molecule has 3 N–H and O–H groups in total. The van der Waals surface area contributed by atoms with Gasteiger partial charge in [0.25, 0.3) is 0 Å². The predicted octanol–water partition coefficient (Wildman–Crippen LogP) is 5.10. The van der Waals surface area contributed by atoms with Gasteiger partial charge < -0.3 is 20.1 Å². The molecule has 0 radical (unpaired) electrons. The molecule has 0 unspecified atom stereocenters. The summed E-state index contributed by atoms with van der Waals surface area (Å²) in [7, 11) is 1.54. The molecule has 1 aliphatic carbocycles. The minimum atomic E-state index is -0.194. The van der Waals surface area contributed by atoms with Gasteiger partial charge in [-0.3, -0.25) is 0 Å². The Morgan fingerprint density at radius 2 is 1.89 bits per heavy atom. The van der Waals surface area contributed by atoms with Gasteiger partial charge in [-0.2, -0.15) is 0 Å². The van der Waals surface area contributed by atoms with Gasteiger partial charge in [-0.05, 0) is 58.9 Å². The molecule has 0 saturated carbocycles. The van der Waals surface area contributed by atoms with Crippen LogP contribution in [0.2, 0.25) is 0 Å². The van der Waals surface area contributed by atoms with Crippen LogP contribution >= 0.6 is 0 Å². The van der Waals surface area contributed by atoms with Gasteiger partial charge in [0.05, 0.1) is 19.1 Å². The summed E-state index contributed by atoms with van der Waals surface area (Å²) in [5.41, 5.74) is 4.27. The molecule has 3 aromatic carbocycles. The maximum Gasteiger partial charge on any atom is 0.130 e. The second-order valence-corrected chi connectivity index (χ2v) is 7.95. The molecule has 2 atom stereocenters. The number of hydrogen-bond acceptors (Lipinski definition) is 4. The highest BCUT2D eigenvalue weighted by Crippen LogP contribution is 2.48. The lowest BCUT2D eigenvalue weighted by molar-refractivity contribution is 0.281. The lowest BCUT2D eigenvalue weighted by Gasteiger charge is -2.29. The standard InChI is InChI=1S/C24H26O4/c1-13-9-14(2)21-15(10-13)7-8-18(24(21)27)22-16(12-25)11-20(28-3)23-17(22)5-4-6-19(23)26/h4-8,11,13-14,25-27H,9-10,12H2,1-3H3/t13-,14-/m1/s1. The molecular formula is C24H26O4. The van der Waals surface area contributed by atoms with Crippen molar-refractivity contribution >= 4 is 10.8 Å². The zero-order valence-electron chi connectivity index (χ0n) is 16.5. The number of methoxy groups -OCH3 is 1. The van der Waals surface area contributed by atoms with E-state index in [4.69, 9.17) is 4.74 Å². The van der Waals surface area contributed by atoms with Gasteiger partial charge in [0, 0.05) is 11.1 Å². The second kappa shape index (κ2) is 7.02. The van der Waals surface area contributed by atoms with E-state index in [0.717, 1.165) is 29.4 Å². The average Bonchev–Trinajstić information content (AvgIpc) is 2.67. The van der Waals surface area contributed by atoms with Crippen molar-refractivity contribution in [3.63, 3.8) is 0 Å². The first kappa shape index (κ1) is 18.6. The van der Waals surface area contributed by atoms with E-state index in [0.29, 0.717) is 28.2 Å². The number of ether oxygens (including phenoxy) is 1. The summed E-state index contributed by atoms with van der Waals surface area (Å²) in [5, 5.41) is 33.1. The van der Waals surface area contributed by atoms with Crippen molar-refractivity contribution in [2.45, 2.75) is 39.2 Å². The minimum Gasteiger partial charge on any atom is -0.507 e. The average molecular weight is 378 g/mol. The number of phenolic OH excluding ortho intramolecular Hbond substituents is 2. The maximum atomic E-state index is 11.2. The van der Waals surface area contributed by atoms with Crippen LogP contribution < -0.4 is 4.74 Å². The third kappa shape index (κ3) is 2.80. The number of fused-ring (bicyclic) bond motifs is 2. The van der Waals surface area contributed by atoms with Crippen LogP contribution in [0.25, 0.3) is 21.9 Å². The van der Waals surface area contributed by atoms with Crippen molar-refractivity contribution in [1.82, 2.24) is 0 Å². The largest absolute Gasteiger partial charge is 0.507 e. The zero-order valence-corrected chi connectivity index (χ0v) is 16.5. The fraction of sp³-hybridized carbons (Fsp3) is 0.333. The molecule has 0 aliphatic heterocycles. The van der Waals surface area contributed by atoms with Gasteiger partial charge in [0.2, 0.25) is 0 Å². The third-order valence-corrected chi connectivity index (χ3v) is 5.97. The normalized spacial score (nSPS) is 18.9. The summed E-state index contributed by atoms with van der Waals surface area (Å²) >= 11 is 0. The SMILES string of the molecule is COc1cc(CO)c(-c2ccc3c(c2O)[C@H](C)C[C@@H](C)C3)c2cccc(O)c12. The first-order chi connectivity index (χ1) is 13.5. The quantitative estimate of drug-likeness (QED) is 0.593. The van der Waals surface area contributed by atoms with Crippen molar-refractivity contribution in [3.8, 4) is 28.4 Å². The van der Waals surface area contributed by atoms with Gasteiger partial charge in [-0.25, -0.2) is 0 Å². The molecule has 3 aromatic rings. The molecule has 4 nitrogen and oxygen atoms in total. The van der Waals surface area contributed by atoms with Crippen molar-refractivity contribution < 1.29 is 20.1 Å². The monoisotopic (exact) mass is 378 g/mol. The van der Waals surface area contributed by atoms with Gasteiger partial charge in [0.1, 0.15) is 17.2 Å². The number of aromatic hydroxyl groups is 2. The zero-order chi connectivity index (χ0) is 20.0. The topological polar surface area (TPSA) is 69.9 Å². The summed E-state index contributed by atoms with van der Waals surface area (Å²) < 4.78 is 5.46. The Balaban J connectivity index is 2.06. The molecule has 0 heterocycles. The van der Waals surface area contributed by atoms with E-state index >= 15 is 0 Å². The van der Waals surface area contributed by atoms with Crippen LogP contribution in [-0.2, 0) is 13.0 Å². The number of hydrogen-bond donors (Lipinski definition) is 3. The molecule has 4 heteroatoms. The van der Waals surface area contributed by atoms with E-state index in [2.05, 4.69) is 19.9 Å². The lowest BCUT2D eigenvalue weighted by Crippen LogP contribution is -2.15. The van der Waals surface area contributed by atoms with E-state index in [-0.39, 0.29) is 24.0 Å². The number of benzene rings is 3. The van der Waals surface area contributed by atoms with Crippen LogP contribution in [0.5, 0.6) is 17.2 Å². The van der Waals surface area contributed by atoms with Crippen LogP contribution in [-0.4, -0.2) is 22.4 Å². The number of aliphatic hydroxyl groups excluding tert-OH is 1. The molecule has 0 spiro atoms. The van der Waals surface area contributed by atoms with E-state index in [1.807, 2.05) is 12.1 Å². The molecule has 4 rings (SSSR count). The first-order valence-electron chi connectivity index (χ1n) is 9.73. The third-order valence-electron chi connectivity index (χ3n) is 5.97. The smallest absolute Gasteiger partial charge is 0.130 e. The Labute approximate surface area is 165 Å². The molecular weight excluding hydrogens is 352 g/mol. The lowest BCUT2D eigenvalue weighted by atomic mass is 9.76. The van der Waals surface area contributed by atoms with Gasteiger partial charge in [-0.1, -0.05) is 38.1 Å². The van der Waals surface area contributed by atoms with Crippen LogP contribution in [0.3, 0.4) is 0 Å². The van der Waals surface area contributed by atoms with Crippen LogP contribution in [0.4, 0.5) is 0 Å². The number of rotatable bonds is 3. The molecule has 146 valence electrons. The summed E-state index contributed by atoms with van der Waals surface area (Å²) in [5.74, 6) is 1.76. The van der Waals surface area contributed by atoms with Crippen LogP contribution in [0, 0.1) is 5.92 Å². The maximum absolute atomic E-state index is 11.2. The van der Waals surface area contributed by atoms with E-state index in [9.17, 15) is 15.3 Å². The Bertz CT molecular complexity index is 1050. The molecule has 0 fully saturated rings. The van der Waals surface area contributed by atoms with Crippen LogP contribution in [0.15, 0.2) is 36.4 Å². The number of aliphatic hydroxyl groups is 1. The van der Waals surface area contributed by atoms with E-state index < -0.39 is 0 Å². The molecule has 0 bridgehead atoms. The molecule has 0 saturated heterocycles. The second-order valence-electron chi connectivity index (χ2n) is 7.95. The van der Waals surface area contributed by atoms with Crippen molar-refractivity contribution in [2.75, 3.05) is 7.11 Å². The molecule has 0 aromatic heterocycles. The number of phenols is 2. The predicted molar refractivity (Wildman–Crippen MR) is 111 cm³/mol. The van der Waals surface area contributed by atoms with Crippen molar-refractivity contribution in [3.05, 3.63) is 53.1 Å². The van der Waals surface area contributed by atoms with E-state index in [1.54, 1.807) is 25.3 Å². The summed E-state index contributed by atoms with van der Waals surface area (Å²) in [6, 6.07) is 11.0. The molecule has 0 amide bonds. The molecule has 1 aliphatic rings. The summed E-state index contributed by atoms with van der Waals surface area (Å²) in [6.45, 7) is 4.21. The highest BCUT2D eigenvalue weighted by atomic mass is 16.5. The fourth-order valence-corrected chi connectivity index (χ4v) is 4.85. The minimum absolute atomic E-state index is 0.111. The Hall–Kier alpha value is -2.72. The highest BCUT2D eigenvalue weighted by molar-refractivity contribution is 6.05.